The van der Waals surface area contributed by atoms with E-state index in [0.717, 1.165) is 10.2 Å². The summed E-state index contributed by atoms with van der Waals surface area (Å²) in [7, 11) is 0. The summed E-state index contributed by atoms with van der Waals surface area (Å²) in [5.41, 5.74) is 0.721. The molecule has 0 aromatic heterocycles. The van der Waals surface area contributed by atoms with E-state index < -0.39 is 6.04 Å². The molecule has 0 aliphatic carbocycles. The Morgan fingerprint density at radius 3 is 2.76 bits per heavy atom. The zero-order chi connectivity index (χ0) is 15.6. The van der Waals surface area contributed by atoms with Crippen LogP contribution in [0.3, 0.4) is 0 Å². The van der Waals surface area contributed by atoms with Crippen LogP contribution in [0.2, 0.25) is 5.02 Å². The first-order valence-electron chi connectivity index (χ1n) is 6.94. The Bertz CT molecular complexity index is 563. The molecule has 0 spiro atoms. The molecule has 1 fully saturated rings. The van der Waals surface area contributed by atoms with Crippen molar-refractivity contribution >= 4 is 45.0 Å². The van der Waals surface area contributed by atoms with E-state index in [-0.39, 0.29) is 11.8 Å². The van der Waals surface area contributed by atoms with E-state index in [1.807, 2.05) is 26.0 Å². The summed E-state index contributed by atoms with van der Waals surface area (Å²) in [4.78, 5) is 26.1. The zero-order valence-electron chi connectivity index (χ0n) is 12.0. The highest BCUT2D eigenvalue weighted by atomic mass is 79.9. The fourth-order valence-corrected chi connectivity index (χ4v) is 2.80. The minimum Gasteiger partial charge on any atom is -0.344 e. The molecule has 1 saturated heterocycles. The number of amides is 2. The molecule has 1 aliphatic heterocycles. The molecule has 0 saturated carbocycles. The zero-order valence-corrected chi connectivity index (χ0v) is 14.4. The number of rotatable bonds is 3. The van der Waals surface area contributed by atoms with Crippen molar-refractivity contribution in [3.05, 3.63) is 27.7 Å². The molecule has 6 heteroatoms. The van der Waals surface area contributed by atoms with Gasteiger partial charge in [0.05, 0.1) is 5.02 Å². The lowest BCUT2D eigenvalue weighted by Gasteiger charge is -2.25. The van der Waals surface area contributed by atoms with Gasteiger partial charge in [0.2, 0.25) is 11.8 Å². The molecule has 1 aromatic rings. The minimum atomic E-state index is -0.470. The number of nitrogens with one attached hydrogen (secondary N) is 1. The molecule has 21 heavy (non-hydrogen) atoms. The molecule has 4 nitrogen and oxygen atoms in total. The predicted molar refractivity (Wildman–Crippen MR) is 87.5 cm³/mol. The van der Waals surface area contributed by atoms with Crippen LogP contribution in [0.5, 0.6) is 0 Å². The lowest BCUT2D eigenvalue weighted by molar-refractivity contribution is -0.125. The number of hydrogen-bond donors (Lipinski definition) is 1. The van der Waals surface area contributed by atoms with E-state index in [0.29, 0.717) is 30.3 Å². The van der Waals surface area contributed by atoms with Gasteiger partial charge >= 0.3 is 0 Å². The second kappa shape index (κ2) is 6.79. The molecule has 1 heterocycles. The van der Waals surface area contributed by atoms with Crippen LogP contribution in [0.4, 0.5) is 5.69 Å². The van der Waals surface area contributed by atoms with Crippen molar-refractivity contribution < 1.29 is 9.59 Å². The summed E-state index contributed by atoms with van der Waals surface area (Å²) in [6.07, 6.45) is 0.930. The van der Waals surface area contributed by atoms with Gasteiger partial charge in [0.1, 0.15) is 6.04 Å². The summed E-state index contributed by atoms with van der Waals surface area (Å²) in [6.45, 7) is 4.44. The molecular weight excluding hydrogens is 356 g/mol. The average molecular weight is 374 g/mol. The van der Waals surface area contributed by atoms with E-state index in [1.165, 1.54) is 0 Å². The first-order valence-corrected chi connectivity index (χ1v) is 8.11. The monoisotopic (exact) mass is 372 g/mol. The number of halogens is 2. The normalized spacial score (nSPS) is 19.7. The van der Waals surface area contributed by atoms with E-state index in [4.69, 9.17) is 11.6 Å². The second-order valence-corrected chi connectivity index (χ2v) is 6.85. The van der Waals surface area contributed by atoms with E-state index in [9.17, 15) is 9.59 Å². The first kappa shape index (κ1) is 16.3. The smallest absolute Gasteiger partial charge is 0.249 e. The number of carbonyl (C=O) groups is 2. The summed E-state index contributed by atoms with van der Waals surface area (Å²) in [6, 6.07) is 4.91. The lowest BCUT2D eigenvalue weighted by Crippen LogP contribution is -2.45. The average Bonchev–Trinajstić information content (AvgIpc) is 2.53. The van der Waals surface area contributed by atoms with Crippen molar-refractivity contribution in [2.24, 2.45) is 5.92 Å². The number of benzene rings is 1. The number of hydrogen-bond acceptors (Lipinski definition) is 2. The standard InChI is InChI=1S/C15H18BrClN2O2/c1-9(2)7-13-15(21)19(6-5-14(20)18-13)10-3-4-11(16)12(17)8-10/h3-4,8-9,13H,5-7H2,1-2H3,(H,18,20). The molecular formula is C15H18BrClN2O2. The minimum absolute atomic E-state index is 0.0760. The second-order valence-electron chi connectivity index (χ2n) is 5.59. The SMILES string of the molecule is CC(C)CC1NC(=O)CCN(c2ccc(Br)c(Cl)c2)C1=O. The molecule has 0 radical (unpaired) electrons. The Morgan fingerprint density at radius 2 is 2.14 bits per heavy atom. The maximum atomic E-state index is 12.7. The summed E-state index contributed by atoms with van der Waals surface area (Å²) in [5, 5.41) is 3.36. The maximum absolute atomic E-state index is 12.7. The van der Waals surface area contributed by atoms with Crippen LogP contribution >= 0.6 is 27.5 Å². The predicted octanol–water partition coefficient (Wildman–Crippen LogP) is 3.37. The van der Waals surface area contributed by atoms with Gasteiger partial charge in [-0.3, -0.25) is 9.59 Å². The van der Waals surface area contributed by atoms with E-state index in [2.05, 4.69) is 21.2 Å². The Morgan fingerprint density at radius 1 is 1.43 bits per heavy atom. The Labute approximate surface area is 138 Å². The van der Waals surface area contributed by atoms with Crippen LogP contribution < -0.4 is 10.2 Å². The van der Waals surface area contributed by atoms with Gasteiger partial charge in [0, 0.05) is 23.1 Å². The highest BCUT2D eigenvalue weighted by Crippen LogP contribution is 2.29. The Hall–Kier alpha value is -1.07. The lowest BCUT2D eigenvalue weighted by atomic mass is 10.0. The fraction of sp³-hybridized carbons (Fsp3) is 0.467. The van der Waals surface area contributed by atoms with Crippen LogP contribution in [-0.4, -0.2) is 24.4 Å². The third-order valence-corrected chi connectivity index (χ3v) is 4.62. The Kier molecular flexibility index (Phi) is 5.27. The van der Waals surface area contributed by atoms with Gasteiger partial charge in [0.15, 0.2) is 0 Å². The van der Waals surface area contributed by atoms with Crippen molar-refractivity contribution in [3.63, 3.8) is 0 Å². The van der Waals surface area contributed by atoms with Crippen LogP contribution in [-0.2, 0) is 9.59 Å². The molecule has 1 atom stereocenters. The Balaban J connectivity index is 2.30. The molecule has 2 amide bonds. The van der Waals surface area contributed by atoms with E-state index in [1.54, 1.807) is 11.0 Å². The summed E-state index contributed by atoms with van der Waals surface area (Å²) >= 11 is 9.44. The van der Waals surface area contributed by atoms with Crippen molar-refractivity contribution in [3.8, 4) is 0 Å². The number of nitrogens with zero attached hydrogens (tertiary/aromatic N) is 1. The van der Waals surface area contributed by atoms with Gasteiger partial charge in [-0.25, -0.2) is 0 Å². The van der Waals surface area contributed by atoms with Gasteiger partial charge in [-0.1, -0.05) is 25.4 Å². The van der Waals surface area contributed by atoms with Crippen molar-refractivity contribution in [1.29, 1.82) is 0 Å². The van der Waals surface area contributed by atoms with Crippen molar-refractivity contribution in [1.82, 2.24) is 5.32 Å². The molecule has 1 unspecified atom stereocenters. The molecule has 0 bridgehead atoms. The largest absolute Gasteiger partial charge is 0.344 e. The number of anilines is 1. The molecule has 1 aliphatic rings. The molecule has 1 N–H and O–H groups in total. The quantitative estimate of drug-likeness (QED) is 0.883. The first-order chi connectivity index (χ1) is 9.88. The summed E-state index contributed by atoms with van der Waals surface area (Å²) < 4.78 is 0.781. The van der Waals surface area contributed by atoms with Crippen LogP contribution in [0.25, 0.3) is 0 Å². The third kappa shape index (κ3) is 3.98. The highest BCUT2D eigenvalue weighted by Gasteiger charge is 2.31. The fourth-order valence-electron chi connectivity index (χ4n) is 2.38. The molecule has 1 aromatic carbocycles. The van der Waals surface area contributed by atoms with Gasteiger partial charge in [-0.05, 0) is 46.5 Å². The van der Waals surface area contributed by atoms with Crippen molar-refractivity contribution in [2.75, 3.05) is 11.4 Å². The van der Waals surface area contributed by atoms with E-state index >= 15 is 0 Å². The maximum Gasteiger partial charge on any atom is 0.249 e. The molecule has 2 rings (SSSR count). The van der Waals surface area contributed by atoms with Gasteiger partial charge < -0.3 is 10.2 Å². The highest BCUT2D eigenvalue weighted by molar-refractivity contribution is 9.10. The van der Waals surface area contributed by atoms with Gasteiger partial charge in [-0.2, -0.15) is 0 Å². The van der Waals surface area contributed by atoms with Crippen LogP contribution in [0, 0.1) is 5.92 Å². The number of carbonyl (C=O) groups excluding carboxylic acids is 2. The van der Waals surface area contributed by atoms with Gasteiger partial charge in [0.25, 0.3) is 0 Å². The van der Waals surface area contributed by atoms with Gasteiger partial charge in [-0.15, -0.1) is 0 Å². The third-order valence-electron chi connectivity index (χ3n) is 3.38. The van der Waals surface area contributed by atoms with Crippen molar-refractivity contribution in [2.45, 2.75) is 32.7 Å². The van der Waals surface area contributed by atoms with Crippen LogP contribution in [0.1, 0.15) is 26.7 Å². The summed E-state index contributed by atoms with van der Waals surface area (Å²) in [5.74, 6) is 0.167. The topological polar surface area (TPSA) is 49.4 Å². The van der Waals surface area contributed by atoms with Crippen LogP contribution in [0.15, 0.2) is 22.7 Å². The molecule has 114 valence electrons.